The van der Waals surface area contributed by atoms with Gasteiger partial charge in [0.25, 0.3) is 0 Å². The van der Waals surface area contributed by atoms with Crippen LogP contribution in [0.1, 0.15) is 24.9 Å². The van der Waals surface area contributed by atoms with Crippen LogP contribution in [-0.4, -0.2) is 29.9 Å². The van der Waals surface area contributed by atoms with Gasteiger partial charge in [-0.2, -0.15) is 0 Å². The summed E-state index contributed by atoms with van der Waals surface area (Å²) in [5, 5.41) is 7.03. The molecule has 1 amide bonds. The van der Waals surface area contributed by atoms with Crippen LogP contribution in [0.25, 0.3) is 0 Å². The van der Waals surface area contributed by atoms with Gasteiger partial charge in [0.05, 0.1) is 6.04 Å². The van der Waals surface area contributed by atoms with Crippen LogP contribution in [0.15, 0.2) is 35.3 Å². The third-order valence-corrected chi connectivity index (χ3v) is 3.85. The molecule has 1 atom stereocenters. The number of thioether (sulfide) groups is 1. The zero-order valence-electron chi connectivity index (χ0n) is 11.1. The monoisotopic (exact) mass is 277 g/mol. The molecule has 1 aliphatic rings. The van der Waals surface area contributed by atoms with Gasteiger partial charge in [-0.1, -0.05) is 49.0 Å². The van der Waals surface area contributed by atoms with Gasteiger partial charge in [-0.25, -0.2) is 0 Å². The van der Waals surface area contributed by atoms with Gasteiger partial charge < -0.3 is 10.6 Å². The van der Waals surface area contributed by atoms with Crippen molar-refractivity contribution in [2.45, 2.75) is 19.4 Å². The predicted octanol–water partition coefficient (Wildman–Crippen LogP) is 1.95. The molecule has 5 heteroatoms. The molecule has 0 bridgehead atoms. The van der Waals surface area contributed by atoms with Gasteiger partial charge in [0.1, 0.15) is 6.54 Å². The summed E-state index contributed by atoms with van der Waals surface area (Å²) in [6, 6.07) is 10.6. The van der Waals surface area contributed by atoms with E-state index in [1.54, 1.807) is 11.8 Å². The van der Waals surface area contributed by atoms with Crippen LogP contribution in [0.4, 0.5) is 0 Å². The maximum Gasteiger partial charge on any atom is 0.241 e. The summed E-state index contributed by atoms with van der Waals surface area (Å²) >= 11 is 1.67. The first-order chi connectivity index (χ1) is 9.29. The number of hydrogen-bond acceptors (Lipinski definition) is 3. The Morgan fingerprint density at radius 2 is 2.26 bits per heavy atom. The van der Waals surface area contributed by atoms with Gasteiger partial charge in [-0.05, 0) is 12.0 Å². The minimum Gasteiger partial charge on any atom is -0.357 e. The van der Waals surface area contributed by atoms with E-state index in [0.717, 1.165) is 23.9 Å². The van der Waals surface area contributed by atoms with Crippen molar-refractivity contribution in [3.8, 4) is 0 Å². The third kappa shape index (κ3) is 4.28. The highest BCUT2D eigenvalue weighted by Gasteiger charge is 2.21. The zero-order valence-corrected chi connectivity index (χ0v) is 11.9. The average molecular weight is 277 g/mol. The number of carbonyl (C=O) groups excluding carboxylic acids is 1. The second kappa shape index (κ2) is 7.19. The zero-order chi connectivity index (χ0) is 13.5. The Morgan fingerprint density at radius 1 is 1.47 bits per heavy atom. The molecule has 1 saturated heterocycles. The van der Waals surface area contributed by atoms with Crippen LogP contribution in [0.3, 0.4) is 0 Å². The molecule has 1 aliphatic heterocycles. The number of rotatable bonds is 5. The topological polar surface area (TPSA) is 53.5 Å². The van der Waals surface area contributed by atoms with E-state index in [1.165, 1.54) is 5.56 Å². The summed E-state index contributed by atoms with van der Waals surface area (Å²) < 4.78 is 0. The molecule has 1 aromatic carbocycles. The summed E-state index contributed by atoms with van der Waals surface area (Å²) in [4.78, 5) is 15.8. The van der Waals surface area contributed by atoms with E-state index in [4.69, 9.17) is 0 Å². The van der Waals surface area contributed by atoms with Crippen molar-refractivity contribution < 1.29 is 4.79 Å². The molecule has 0 aliphatic carbocycles. The SMILES string of the molecule is CCCNC(=O)CN=C1NC(c2ccccc2)CS1. The Bertz CT molecular complexity index is 447. The number of hydrogen-bond donors (Lipinski definition) is 2. The van der Waals surface area contributed by atoms with E-state index in [9.17, 15) is 4.79 Å². The summed E-state index contributed by atoms with van der Waals surface area (Å²) in [6.45, 7) is 2.96. The van der Waals surface area contributed by atoms with Crippen molar-refractivity contribution in [1.82, 2.24) is 10.6 Å². The Hall–Kier alpha value is -1.49. The second-order valence-corrected chi connectivity index (χ2v) is 5.40. The van der Waals surface area contributed by atoms with Crippen LogP contribution in [0, 0.1) is 0 Å². The minimum absolute atomic E-state index is 0.0140. The average Bonchev–Trinajstić information content (AvgIpc) is 2.93. The Kier molecular flexibility index (Phi) is 5.27. The molecule has 19 heavy (non-hydrogen) atoms. The van der Waals surface area contributed by atoms with E-state index < -0.39 is 0 Å². The van der Waals surface area contributed by atoms with Crippen LogP contribution in [0.5, 0.6) is 0 Å². The first kappa shape index (κ1) is 13.9. The third-order valence-electron chi connectivity index (χ3n) is 2.82. The second-order valence-electron chi connectivity index (χ2n) is 4.39. The molecular weight excluding hydrogens is 258 g/mol. The Balaban J connectivity index is 1.83. The van der Waals surface area contributed by atoms with Gasteiger partial charge in [0.2, 0.25) is 5.91 Å². The first-order valence-corrected chi connectivity index (χ1v) is 7.53. The largest absolute Gasteiger partial charge is 0.357 e. The molecule has 4 nitrogen and oxygen atoms in total. The number of nitrogens with zero attached hydrogens (tertiary/aromatic N) is 1. The molecule has 0 aromatic heterocycles. The lowest BCUT2D eigenvalue weighted by Crippen LogP contribution is -2.27. The van der Waals surface area contributed by atoms with Crippen LogP contribution < -0.4 is 10.6 Å². The maximum absolute atomic E-state index is 11.5. The van der Waals surface area contributed by atoms with Gasteiger partial charge in [0.15, 0.2) is 5.17 Å². The molecular formula is C14H19N3OS. The lowest BCUT2D eigenvalue weighted by Gasteiger charge is -2.09. The van der Waals surface area contributed by atoms with Gasteiger partial charge >= 0.3 is 0 Å². The molecule has 1 heterocycles. The standard InChI is InChI=1S/C14H19N3OS/c1-2-8-15-13(18)9-16-14-17-12(10-19-14)11-6-4-3-5-7-11/h3-7,12H,2,8-10H2,1H3,(H,15,18)(H,16,17). The number of aliphatic imine (C=N–C) groups is 1. The number of benzene rings is 1. The minimum atomic E-state index is -0.0140. The highest BCUT2D eigenvalue weighted by molar-refractivity contribution is 8.14. The first-order valence-electron chi connectivity index (χ1n) is 6.55. The van der Waals surface area contributed by atoms with E-state index >= 15 is 0 Å². The molecule has 0 spiro atoms. The van der Waals surface area contributed by atoms with Gasteiger partial charge in [0, 0.05) is 12.3 Å². The van der Waals surface area contributed by atoms with Gasteiger partial charge in [-0.15, -0.1) is 0 Å². The van der Waals surface area contributed by atoms with Crippen molar-refractivity contribution >= 4 is 22.8 Å². The lowest BCUT2D eigenvalue weighted by molar-refractivity contribution is -0.119. The van der Waals surface area contributed by atoms with Crippen molar-refractivity contribution in [2.75, 3.05) is 18.8 Å². The molecule has 1 unspecified atom stereocenters. The number of carbonyl (C=O) groups is 1. The number of amidine groups is 1. The number of nitrogens with one attached hydrogen (secondary N) is 2. The van der Waals surface area contributed by atoms with Crippen LogP contribution >= 0.6 is 11.8 Å². The molecule has 2 N–H and O–H groups in total. The van der Waals surface area contributed by atoms with Crippen LogP contribution in [-0.2, 0) is 4.79 Å². The maximum atomic E-state index is 11.5. The van der Waals surface area contributed by atoms with Gasteiger partial charge in [-0.3, -0.25) is 9.79 Å². The smallest absolute Gasteiger partial charge is 0.241 e. The summed E-state index contributed by atoms with van der Waals surface area (Å²) in [5.74, 6) is 0.944. The van der Waals surface area contributed by atoms with E-state index in [1.807, 2.05) is 25.1 Å². The fourth-order valence-electron chi connectivity index (χ4n) is 1.81. The summed E-state index contributed by atoms with van der Waals surface area (Å²) in [7, 11) is 0. The molecule has 1 aromatic rings. The van der Waals surface area contributed by atoms with E-state index in [2.05, 4.69) is 27.8 Å². The van der Waals surface area contributed by atoms with E-state index in [-0.39, 0.29) is 12.5 Å². The van der Waals surface area contributed by atoms with Crippen molar-refractivity contribution in [1.29, 1.82) is 0 Å². The molecule has 0 saturated carbocycles. The van der Waals surface area contributed by atoms with Crippen molar-refractivity contribution in [3.63, 3.8) is 0 Å². The highest BCUT2D eigenvalue weighted by atomic mass is 32.2. The lowest BCUT2D eigenvalue weighted by atomic mass is 10.1. The predicted molar refractivity (Wildman–Crippen MR) is 80.4 cm³/mol. The summed E-state index contributed by atoms with van der Waals surface area (Å²) in [5.41, 5.74) is 1.26. The normalized spacial score (nSPS) is 20.3. The summed E-state index contributed by atoms with van der Waals surface area (Å²) in [6.07, 6.45) is 0.950. The highest BCUT2D eigenvalue weighted by Crippen LogP contribution is 2.25. The molecule has 102 valence electrons. The molecule has 2 rings (SSSR count). The van der Waals surface area contributed by atoms with Crippen LogP contribution in [0.2, 0.25) is 0 Å². The number of amides is 1. The fourth-order valence-corrected chi connectivity index (χ4v) is 2.80. The molecule has 0 radical (unpaired) electrons. The Labute approximate surface area is 118 Å². The molecule has 1 fully saturated rings. The fraction of sp³-hybridized carbons (Fsp3) is 0.429. The van der Waals surface area contributed by atoms with Crippen molar-refractivity contribution in [3.05, 3.63) is 35.9 Å². The van der Waals surface area contributed by atoms with E-state index in [0.29, 0.717) is 6.04 Å². The Morgan fingerprint density at radius 3 is 3.00 bits per heavy atom. The quantitative estimate of drug-likeness (QED) is 0.865. The van der Waals surface area contributed by atoms with Crippen molar-refractivity contribution in [2.24, 2.45) is 4.99 Å².